The lowest BCUT2D eigenvalue weighted by molar-refractivity contribution is -0.120. The number of rotatable bonds is 8. The molecule has 1 aromatic rings. The summed E-state index contributed by atoms with van der Waals surface area (Å²) in [6.45, 7) is 6.87. The van der Waals surface area contributed by atoms with E-state index in [0.717, 1.165) is 64.0 Å². The quantitative estimate of drug-likeness (QED) is 0.800. The highest BCUT2D eigenvalue weighted by Crippen LogP contribution is 2.19. The van der Waals surface area contributed by atoms with Crippen LogP contribution in [0.3, 0.4) is 0 Å². The van der Waals surface area contributed by atoms with Gasteiger partial charge in [0.25, 0.3) is 0 Å². The van der Waals surface area contributed by atoms with Crippen molar-refractivity contribution in [2.24, 2.45) is 11.8 Å². The van der Waals surface area contributed by atoms with Gasteiger partial charge in [0.15, 0.2) is 0 Å². The number of amides is 1. The first-order valence-corrected chi connectivity index (χ1v) is 8.64. The summed E-state index contributed by atoms with van der Waals surface area (Å²) in [7, 11) is 0. The zero-order chi connectivity index (χ0) is 15.8. The minimum atomic E-state index is 0.119. The molecular formula is C17H29N3O2. The highest BCUT2D eigenvalue weighted by molar-refractivity contribution is 5.92. The van der Waals surface area contributed by atoms with Crippen molar-refractivity contribution < 1.29 is 9.53 Å². The Bertz CT molecular complexity index is 447. The van der Waals surface area contributed by atoms with Crippen LogP contribution in [0.25, 0.3) is 0 Å². The third kappa shape index (κ3) is 5.13. The molecule has 1 fully saturated rings. The van der Waals surface area contributed by atoms with Gasteiger partial charge in [0.05, 0.1) is 11.9 Å². The van der Waals surface area contributed by atoms with Crippen LogP contribution >= 0.6 is 0 Å². The number of aromatic nitrogens is 2. The molecule has 0 aliphatic carbocycles. The van der Waals surface area contributed by atoms with Gasteiger partial charge in [-0.05, 0) is 31.6 Å². The lowest BCUT2D eigenvalue weighted by atomic mass is 9.97. The maximum Gasteiger partial charge on any atom is 0.227 e. The van der Waals surface area contributed by atoms with Crippen LogP contribution in [0.1, 0.15) is 52.4 Å². The Morgan fingerprint density at radius 2 is 2.05 bits per heavy atom. The lowest BCUT2D eigenvalue weighted by Gasteiger charge is -2.21. The van der Waals surface area contributed by atoms with Crippen molar-refractivity contribution in [1.29, 1.82) is 0 Å². The van der Waals surface area contributed by atoms with E-state index in [-0.39, 0.29) is 11.8 Å². The van der Waals surface area contributed by atoms with Crippen molar-refractivity contribution in [1.82, 2.24) is 9.78 Å². The maximum atomic E-state index is 12.3. The number of carbonyl (C=O) groups is 1. The summed E-state index contributed by atoms with van der Waals surface area (Å²) in [6, 6.07) is 0. The van der Waals surface area contributed by atoms with E-state index in [0.29, 0.717) is 5.92 Å². The average molecular weight is 307 g/mol. The zero-order valence-corrected chi connectivity index (χ0v) is 13.9. The molecule has 22 heavy (non-hydrogen) atoms. The molecular weight excluding hydrogens is 278 g/mol. The summed E-state index contributed by atoms with van der Waals surface area (Å²) >= 11 is 0. The standard InChI is InChI=1S/C17H29N3O2/c1-3-5-15(6-4-2)17(21)19-16-11-18-20(13-16)12-14-7-9-22-10-8-14/h11,13-15H,3-10,12H2,1-2H3,(H,19,21). The first kappa shape index (κ1) is 17.0. The van der Waals surface area contributed by atoms with E-state index in [4.69, 9.17) is 4.74 Å². The van der Waals surface area contributed by atoms with Crippen molar-refractivity contribution in [2.45, 2.75) is 58.9 Å². The second-order valence-corrected chi connectivity index (χ2v) is 6.27. The van der Waals surface area contributed by atoms with Crippen molar-refractivity contribution in [2.75, 3.05) is 18.5 Å². The van der Waals surface area contributed by atoms with Crippen LogP contribution in [0.5, 0.6) is 0 Å². The van der Waals surface area contributed by atoms with Crippen molar-refractivity contribution in [3.8, 4) is 0 Å². The normalized spacial score (nSPS) is 16.1. The van der Waals surface area contributed by atoms with Crippen LogP contribution in [0.2, 0.25) is 0 Å². The molecule has 0 bridgehead atoms. The molecule has 1 amide bonds. The highest BCUT2D eigenvalue weighted by atomic mass is 16.5. The number of nitrogens with one attached hydrogen (secondary N) is 1. The van der Waals surface area contributed by atoms with E-state index in [1.54, 1.807) is 6.20 Å². The third-order valence-corrected chi connectivity index (χ3v) is 4.33. The average Bonchev–Trinajstić information content (AvgIpc) is 2.95. The summed E-state index contributed by atoms with van der Waals surface area (Å²) in [5.74, 6) is 0.883. The number of nitrogens with zero attached hydrogens (tertiary/aromatic N) is 2. The highest BCUT2D eigenvalue weighted by Gasteiger charge is 2.18. The van der Waals surface area contributed by atoms with Gasteiger partial charge in [-0.25, -0.2) is 0 Å². The molecule has 0 atom stereocenters. The van der Waals surface area contributed by atoms with Crippen molar-refractivity contribution in [3.63, 3.8) is 0 Å². The molecule has 1 aliphatic heterocycles. The van der Waals surface area contributed by atoms with Gasteiger partial charge in [0.1, 0.15) is 0 Å². The number of hydrogen-bond acceptors (Lipinski definition) is 3. The summed E-state index contributed by atoms with van der Waals surface area (Å²) in [5, 5.41) is 7.40. The lowest BCUT2D eigenvalue weighted by Crippen LogP contribution is -2.22. The predicted octanol–water partition coefficient (Wildman–Crippen LogP) is 3.46. The zero-order valence-electron chi connectivity index (χ0n) is 13.9. The van der Waals surface area contributed by atoms with Crippen LogP contribution in [0, 0.1) is 11.8 Å². The molecule has 0 unspecified atom stereocenters. The number of carbonyl (C=O) groups excluding carboxylic acids is 1. The van der Waals surface area contributed by atoms with E-state index in [2.05, 4.69) is 24.3 Å². The van der Waals surface area contributed by atoms with Gasteiger partial charge in [-0.15, -0.1) is 0 Å². The summed E-state index contributed by atoms with van der Waals surface area (Å²) in [4.78, 5) is 12.3. The maximum absolute atomic E-state index is 12.3. The van der Waals surface area contributed by atoms with Crippen LogP contribution in [0.15, 0.2) is 12.4 Å². The topological polar surface area (TPSA) is 56.2 Å². The SMILES string of the molecule is CCCC(CCC)C(=O)Nc1cnn(CC2CCOCC2)c1. The first-order valence-electron chi connectivity index (χ1n) is 8.64. The second-order valence-electron chi connectivity index (χ2n) is 6.27. The summed E-state index contributed by atoms with van der Waals surface area (Å²) in [6.07, 6.45) is 9.88. The van der Waals surface area contributed by atoms with Crippen LogP contribution < -0.4 is 5.32 Å². The summed E-state index contributed by atoms with van der Waals surface area (Å²) < 4.78 is 7.33. The first-order chi connectivity index (χ1) is 10.7. The number of anilines is 1. The predicted molar refractivity (Wildman–Crippen MR) is 87.7 cm³/mol. The minimum Gasteiger partial charge on any atom is -0.381 e. The van der Waals surface area contributed by atoms with Crippen LogP contribution in [0.4, 0.5) is 5.69 Å². The molecule has 1 saturated heterocycles. The van der Waals surface area contributed by atoms with Gasteiger partial charge in [-0.2, -0.15) is 5.10 Å². The minimum absolute atomic E-state index is 0.119. The Kier molecular flexibility index (Phi) is 6.90. The van der Waals surface area contributed by atoms with Gasteiger partial charge in [0, 0.05) is 31.9 Å². The molecule has 2 rings (SSSR count). The Balaban J connectivity index is 1.86. The number of hydrogen-bond donors (Lipinski definition) is 1. The fraction of sp³-hybridized carbons (Fsp3) is 0.765. The van der Waals surface area contributed by atoms with Gasteiger partial charge < -0.3 is 10.1 Å². The Morgan fingerprint density at radius 1 is 1.36 bits per heavy atom. The van der Waals surface area contributed by atoms with E-state index in [1.807, 2.05) is 10.9 Å². The largest absolute Gasteiger partial charge is 0.381 e. The molecule has 0 saturated carbocycles. The van der Waals surface area contributed by atoms with Gasteiger partial charge in [0.2, 0.25) is 5.91 Å². The molecule has 2 heterocycles. The molecule has 0 spiro atoms. The molecule has 5 heteroatoms. The molecule has 0 radical (unpaired) electrons. The summed E-state index contributed by atoms with van der Waals surface area (Å²) in [5.41, 5.74) is 0.814. The van der Waals surface area contributed by atoms with E-state index >= 15 is 0 Å². The number of ether oxygens (including phenoxy) is 1. The van der Waals surface area contributed by atoms with Gasteiger partial charge >= 0.3 is 0 Å². The monoisotopic (exact) mass is 307 g/mol. The fourth-order valence-corrected chi connectivity index (χ4v) is 3.07. The van der Waals surface area contributed by atoms with E-state index < -0.39 is 0 Å². The van der Waals surface area contributed by atoms with Crippen molar-refractivity contribution >= 4 is 11.6 Å². The Morgan fingerprint density at radius 3 is 2.68 bits per heavy atom. The van der Waals surface area contributed by atoms with Gasteiger partial charge in [-0.1, -0.05) is 26.7 Å². The van der Waals surface area contributed by atoms with E-state index in [1.165, 1.54) is 0 Å². The molecule has 1 aliphatic rings. The molecule has 5 nitrogen and oxygen atoms in total. The van der Waals surface area contributed by atoms with Crippen LogP contribution in [-0.2, 0) is 16.1 Å². The van der Waals surface area contributed by atoms with E-state index in [9.17, 15) is 4.79 Å². The third-order valence-electron chi connectivity index (χ3n) is 4.33. The Hall–Kier alpha value is -1.36. The molecule has 124 valence electrons. The Labute approximate surface area is 133 Å². The van der Waals surface area contributed by atoms with Crippen LogP contribution in [-0.4, -0.2) is 28.9 Å². The molecule has 1 N–H and O–H groups in total. The van der Waals surface area contributed by atoms with Gasteiger partial charge in [-0.3, -0.25) is 9.48 Å². The van der Waals surface area contributed by atoms with Crippen molar-refractivity contribution in [3.05, 3.63) is 12.4 Å². The second kappa shape index (κ2) is 8.93. The molecule has 0 aromatic carbocycles. The fourth-order valence-electron chi connectivity index (χ4n) is 3.07. The molecule has 1 aromatic heterocycles. The smallest absolute Gasteiger partial charge is 0.227 e.